The standard InChI is InChI=1S/C9H16O3/c1-3-11-8-6-5-7-9(10)12-4-2/h6,8H,3-5,7H2,1-2H3. The molecule has 70 valence electrons. The molecule has 0 aromatic heterocycles. The van der Waals surface area contributed by atoms with E-state index in [4.69, 9.17) is 9.47 Å². The maximum Gasteiger partial charge on any atom is 0.306 e. The van der Waals surface area contributed by atoms with E-state index in [-0.39, 0.29) is 5.97 Å². The van der Waals surface area contributed by atoms with E-state index >= 15 is 0 Å². The maximum atomic E-state index is 10.8. The van der Waals surface area contributed by atoms with Crippen molar-refractivity contribution in [1.29, 1.82) is 0 Å². The molecule has 0 unspecified atom stereocenters. The van der Waals surface area contributed by atoms with E-state index in [1.54, 1.807) is 13.2 Å². The molecule has 0 aromatic carbocycles. The lowest BCUT2D eigenvalue weighted by molar-refractivity contribution is -0.143. The molecule has 12 heavy (non-hydrogen) atoms. The Hall–Kier alpha value is -0.990. The number of hydrogen-bond acceptors (Lipinski definition) is 3. The first-order chi connectivity index (χ1) is 5.81. The summed E-state index contributed by atoms with van der Waals surface area (Å²) in [6.45, 7) is 4.83. The summed E-state index contributed by atoms with van der Waals surface area (Å²) in [6.07, 6.45) is 4.54. The van der Waals surface area contributed by atoms with Crippen LogP contribution in [0.15, 0.2) is 12.3 Å². The van der Waals surface area contributed by atoms with Crippen LogP contribution in [0.5, 0.6) is 0 Å². The number of ether oxygens (including phenoxy) is 2. The minimum absolute atomic E-state index is 0.154. The molecule has 0 heterocycles. The highest BCUT2D eigenvalue weighted by Crippen LogP contribution is 1.94. The Kier molecular flexibility index (Phi) is 7.44. The summed E-state index contributed by atoms with van der Waals surface area (Å²) in [5.74, 6) is -0.154. The fraction of sp³-hybridized carbons (Fsp3) is 0.667. The molecule has 0 aliphatic heterocycles. The summed E-state index contributed by atoms with van der Waals surface area (Å²) in [5, 5.41) is 0. The molecular weight excluding hydrogens is 156 g/mol. The number of carbonyl (C=O) groups is 1. The molecule has 0 fully saturated rings. The van der Waals surface area contributed by atoms with Crippen molar-refractivity contribution in [3.63, 3.8) is 0 Å². The number of carbonyl (C=O) groups excluding carboxylic acids is 1. The fourth-order valence-electron chi connectivity index (χ4n) is 0.667. The smallest absolute Gasteiger partial charge is 0.306 e. The molecular formula is C9H16O3. The van der Waals surface area contributed by atoms with Gasteiger partial charge >= 0.3 is 5.97 Å². The summed E-state index contributed by atoms with van der Waals surface area (Å²) in [5.41, 5.74) is 0. The quantitative estimate of drug-likeness (QED) is 0.453. The highest BCUT2D eigenvalue weighted by atomic mass is 16.5. The second-order valence-corrected chi connectivity index (χ2v) is 2.17. The summed E-state index contributed by atoms with van der Waals surface area (Å²) < 4.78 is 9.68. The van der Waals surface area contributed by atoms with Gasteiger partial charge in [-0.2, -0.15) is 0 Å². The van der Waals surface area contributed by atoms with Crippen LogP contribution >= 0.6 is 0 Å². The predicted octanol–water partition coefficient (Wildman–Crippen LogP) is 1.88. The molecule has 0 atom stereocenters. The molecule has 0 radical (unpaired) electrons. The topological polar surface area (TPSA) is 35.5 Å². The highest BCUT2D eigenvalue weighted by molar-refractivity contribution is 5.69. The molecule has 0 saturated carbocycles. The first-order valence-electron chi connectivity index (χ1n) is 4.23. The molecule has 0 rings (SSSR count). The van der Waals surface area contributed by atoms with Crippen molar-refractivity contribution in [2.24, 2.45) is 0 Å². The van der Waals surface area contributed by atoms with Gasteiger partial charge in [0.25, 0.3) is 0 Å². The minimum atomic E-state index is -0.154. The van der Waals surface area contributed by atoms with Crippen LogP contribution in [0, 0.1) is 0 Å². The lowest BCUT2D eigenvalue weighted by Crippen LogP contribution is -2.02. The Balaban J connectivity index is 3.24. The number of esters is 1. The van der Waals surface area contributed by atoms with E-state index in [2.05, 4.69) is 0 Å². The van der Waals surface area contributed by atoms with Crippen molar-refractivity contribution < 1.29 is 14.3 Å². The van der Waals surface area contributed by atoms with Crippen molar-refractivity contribution in [1.82, 2.24) is 0 Å². The van der Waals surface area contributed by atoms with Gasteiger partial charge in [0, 0.05) is 6.42 Å². The molecule has 0 aromatic rings. The Bertz CT molecular complexity index is 141. The molecule has 3 nitrogen and oxygen atoms in total. The van der Waals surface area contributed by atoms with E-state index in [0.717, 1.165) is 0 Å². The first kappa shape index (κ1) is 11.0. The van der Waals surface area contributed by atoms with Gasteiger partial charge < -0.3 is 9.47 Å². The average molecular weight is 172 g/mol. The third-order valence-electron chi connectivity index (χ3n) is 1.18. The maximum absolute atomic E-state index is 10.8. The lowest BCUT2D eigenvalue weighted by Gasteiger charge is -1.98. The summed E-state index contributed by atoms with van der Waals surface area (Å²) in [4.78, 5) is 10.8. The van der Waals surface area contributed by atoms with Crippen molar-refractivity contribution in [2.75, 3.05) is 13.2 Å². The second kappa shape index (κ2) is 8.11. The van der Waals surface area contributed by atoms with Gasteiger partial charge in [-0.3, -0.25) is 4.79 Å². The Morgan fingerprint density at radius 1 is 1.33 bits per heavy atom. The molecule has 0 aliphatic rings. The van der Waals surface area contributed by atoms with Crippen LogP contribution in [-0.4, -0.2) is 19.2 Å². The van der Waals surface area contributed by atoms with Gasteiger partial charge in [0.15, 0.2) is 0 Å². The van der Waals surface area contributed by atoms with Crippen LogP contribution < -0.4 is 0 Å². The van der Waals surface area contributed by atoms with Gasteiger partial charge in [-0.1, -0.05) is 0 Å². The molecule has 0 saturated heterocycles. The van der Waals surface area contributed by atoms with Gasteiger partial charge in [-0.25, -0.2) is 0 Å². The average Bonchev–Trinajstić information content (AvgIpc) is 2.05. The second-order valence-electron chi connectivity index (χ2n) is 2.17. The van der Waals surface area contributed by atoms with Crippen LogP contribution in [0.4, 0.5) is 0 Å². The third-order valence-corrected chi connectivity index (χ3v) is 1.18. The van der Waals surface area contributed by atoms with Crippen LogP contribution in [0.1, 0.15) is 26.7 Å². The normalized spacial score (nSPS) is 10.2. The fourth-order valence-corrected chi connectivity index (χ4v) is 0.667. The lowest BCUT2D eigenvalue weighted by atomic mass is 10.3. The minimum Gasteiger partial charge on any atom is -0.502 e. The van der Waals surface area contributed by atoms with Crippen LogP contribution in [0.3, 0.4) is 0 Å². The van der Waals surface area contributed by atoms with E-state index in [0.29, 0.717) is 26.1 Å². The Labute approximate surface area is 73.4 Å². The molecule has 0 bridgehead atoms. The monoisotopic (exact) mass is 172 g/mol. The van der Waals surface area contributed by atoms with Crippen molar-refractivity contribution in [2.45, 2.75) is 26.7 Å². The molecule has 0 spiro atoms. The van der Waals surface area contributed by atoms with E-state index in [1.807, 2.05) is 13.0 Å². The largest absolute Gasteiger partial charge is 0.502 e. The first-order valence-corrected chi connectivity index (χ1v) is 4.23. The summed E-state index contributed by atoms with van der Waals surface area (Å²) >= 11 is 0. The summed E-state index contributed by atoms with van der Waals surface area (Å²) in [6, 6.07) is 0. The Morgan fingerprint density at radius 3 is 2.67 bits per heavy atom. The highest BCUT2D eigenvalue weighted by Gasteiger charge is 1.97. The molecule has 0 N–H and O–H groups in total. The van der Waals surface area contributed by atoms with Crippen LogP contribution in [-0.2, 0) is 14.3 Å². The van der Waals surface area contributed by atoms with Gasteiger partial charge in [-0.15, -0.1) is 0 Å². The van der Waals surface area contributed by atoms with Crippen LogP contribution in [0.25, 0.3) is 0 Å². The zero-order valence-electron chi connectivity index (χ0n) is 7.71. The molecule has 3 heteroatoms. The van der Waals surface area contributed by atoms with Crippen molar-refractivity contribution in [3.05, 3.63) is 12.3 Å². The van der Waals surface area contributed by atoms with Gasteiger partial charge in [0.2, 0.25) is 0 Å². The number of allylic oxidation sites excluding steroid dienone is 1. The van der Waals surface area contributed by atoms with E-state index < -0.39 is 0 Å². The predicted molar refractivity (Wildman–Crippen MR) is 46.6 cm³/mol. The third kappa shape index (κ3) is 7.12. The van der Waals surface area contributed by atoms with Gasteiger partial charge in [0.05, 0.1) is 19.5 Å². The zero-order chi connectivity index (χ0) is 9.23. The zero-order valence-corrected chi connectivity index (χ0v) is 7.71. The Morgan fingerprint density at radius 2 is 2.08 bits per heavy atom. The van der Waals surface area contributed by atoms with Crippen molar-refractivity contribution >= 4 is 5.97 Å². The SMILES string of the molecule is CCOC=CCCC(=O)OCC. The van der Waals surface area contributed by atoms with Gasteiger partial charge in [-0.05, 0) is 26.3 Å². The van der Waals surface area contributed by atoms with E-state index in [9.17, 15) is 4.79 Å². The molecule has 0 amide bonds. The summed E-state index contributed by atoms with van der Waals surface area (Å²) in [7, 11) is 0. The van der Waals surface area contributed by atoms with Crippen LogP contribution in [0.2, 0.25) is 0 Å². The van der Waals surface area contributed by atoms with Gasteiger partial charge in [0.1, 0.15) is 0 Å². The number of hydrogen-bond donors (Lipinski definition) is 0. The van der Waals surface area contributed by atoms with E-state index in [1.165, 1.54) is 0 Å². The molecule has 0 aliphatic carbocycles. The number of rotatable bonds is 6. The van der Waals surface area contributed by atoms with Crippen molar-refractivity contribution in [3.8, 4) is 0 Å².